The summed E-state index contributed by atoms with van der Waals surface area (Å²) in [4.78, 5) is 20.4. The van der Waals surface area contributed by atoms with E-state index in [1.807, 2.05) is 4.68 Å². The maximum absolute atomic E-state index is 11.8. The quantitative estimate of drug-likeness (QED) is 0.459. The normalized spacial score (nSPS) is 17.1. The molecule has 4 heterocycles. The Morgan fingerprint density at radius 1 is 1.15 bits per heavy atom. The maximum Gasteiger partial charge on any atom is 0.490 e. The van der Waals surface area contributed by atoms with Gasteiger partial charge in [0.05, 0.1) is 36.7 Å². The van der Waals surface area contributed by atoms with Crippen molar-refractivity contribution in [2.75, 3.05) is 45.4 Å². The number of rotatable bonds is 5. The molecular formula is C24H30F3N7O5S. The summed E-state index contributed by atoms with van der Waals surface area (Å²) in [5.41, 5.74) is 4.15. The number of halogens is 3. The van der Waals surface area contributed by atoms with Crippen molar-refractivity contribution in [3.63, 3.8) is 0 Å². The number of carboxylic acids is 1. The van der Waals surface area contributed by atoms with Gasteiger partial charge in [0.15, 0.2) is 5.65 Å². The summed E-state index contributed by atoms with van der Waals surface area (Å²) in [5, 5.41) is 15.9. The van der Waals surface area contributed by atoms with Gasteiger partial charge < -0.3 is 20.1 Å². The number of carboxylic acid groups (broad SMARTS) is 1. The second-order valence-electron chi connectivity index (χ2n) is 9.69. The Kier molecular flexibility index (Phi) is 8.51. The molecule has 16 heteroatoms. The zero-order chi connectivity index (χ0) is 29.2. The number of benzene rings is 1. The molecule has 2 aliphatic heterocycles. The van der Waals surface area contributed by atoms with Crippen molar-refractivity contribution in [3.05, 3.63) is 35.7 Å². The predicted octanol–water partition coefficient (Wildman–Crippen LogP) is 2.80. The Labute approximate surface area is 228 Å². The molecular weight excluding hydrogens is 555 g/mol. The van der Waals surface area contributed by atoms with Gasteiger partial charge in [-0.15, -0.1) is 0 Å². The van der Waals surface area contributed by atoms with Crippen molar-refractivity contribution in [1.82, 2.24) is 29.0 Å². The van der Waals surface area contributed by atoms with Crippen molar-refractivity contribution in [1.29, 1.82) is 0 Å². The summed E-state index contributed by atoms with van der Waals surface area (Å²) < 4.78 is 64.5. The van der Waals surface area contributed by atoms with Crippen molar-refractivity contribution < 1.29 is 36.2 Å². The van der Waals surface area contributed by atoms with Gasteiger partial charge in [-0.3, -0.25) is 0 Å². The van der Waals surface area contributed by atoms with E-state index < -0.39 is 22.2 Å². The molecule has 2 N–H and O–H groups in total. The fraction of sp³-hybridized carbons (Fsp3) is 0.500. The van der Waals surface area contributed by atoms with Gasteiger partial charge in [0.2, 0.25) is 16.0 Å². The fourth-order valence-electron chi connectivity index (χ4n) is 4.70. The summed E-state index contributed by atoms with van der Waals surface area (Å²) in [6, 6.07) is 4.32. The summed E-state index contributed by atoms with van der Waals surface area (Å²) in [5.74, 6) is -1.52. The van der Waals surface area contributed by atoms with Gasteiger partial charge in [-0.1, -0.05) is 0 Å². The smallest absolute Gasteiger partial charge is 0.490 e. The minimum absolute atomic E-state index is 0.0945. The van der Waals surface area contributed by atoms with Crippen molar-refractivity contribution in [2.45, 2.75) is 38.0 Å². The van der Waals surface area contributed by atoms with Crippen LogP contribution in [0.5, 0.6) is 5.75 Å². The third-order valence-corrected chi connectivity index (χ3v) is 8.09. The van der Waals surface area contributed by atoms with Gasteiger partial charge in [-0.25, -0.2) is 27.2 Å². The number of likely N-dealkylation sites (N-methyl/N-ethyl adjacent to an activating group) is 1. The van der Waals surface area contributed by atoms with Gasteiger partial charge in [-0.05, 0) is 49.6 Å². The number of nitrogens with one attached hydrogen (secondary N) is 1. The lowest BCUT2D eigenvalue weighted by molar-refractivity contribution is -0.192. The number of methoxy groups -OCH3 is 1. The molecule has 0 bridgehead atoms. The van der Waals surface area contributed by atoms with Crippen LogP contribution in [0.4, 0.5) is 24.8 Å². The second kappa shape index (κ2) is 11.5. The highest BCUT2D eigenvalue weighted by molar-refractivity contribution is 7.88. The van der Waals surface area contributed by atoms with Crippen LogP contribution in [0.25, 0.3) is 11.0 Å². The van der Waals surface area contributed by atoms with Crippen molar-refractivity contribution >= 4 is 38.7 Å². The average Bonchev–Trinajstić information content (AvgIpc) is 3.31. The van der Waals surface area contributed by atoms with Gasteiger partial charge in [0, 0.05) is 32.4 Å². The number of alkyl halides is 3. The largest absolute Gasteiger partial charge is 0.495 e. The molecule has 1 saturated heterocycles. The van der Waals surface area contributed by atoms with Crippen LogP contribution in [0, 0.1) is 0 Å². The highest BCUT2D eigenvalue weighted by Crippen LogP contribution is 2.33. The minimum Gasteiger partial charge on any atom is -0.495 e. The Morgan fingerprint density at radius 3 is 2.42 bits per heavy atom. The first-order valence-electron chi connectivity index (χ1n) is 12.4. The molecule has 0 unspecified atom stereocenters. The Hall–Kier alpha value is -3.50. The molecule has 1 aromatic carbocycles. The third-order valence-electron chi connectivity index (χ3n) is 6.79. The second-order valence-corrected chi connectivity index (χ2v) is 11.7. The highest BCUT2D eigenvalue weighted by Gasteiger charge is 2.38. The van der Waals surface area contributed by atoms with E-state index in [-0.39, 0.29) is 6.04 Å². The molecule has 0 radical (unpaired) electrons. The topological polar surface area (TPSA) is 143 Å². The number of fused-ring (bicyclic) bond motifs is 2. The van der Waals surface area contributed by atoms with Crippen LogP contribution in [0.1, 0.15) is 30.0 Å². The van der Waals surface area contributed by atoms with Crippen LogP contribution < -0.4 is 10.1 Å². The SMILES string of the molecule is COc1cc2c(cc1Nc1ncc3cnn(C4CCN(S(C)(=O)=O)CC4)c3n1)CN(C)CC2.O=C(O)C(F)(F)F. The van der Waals surface area contributed by atoms with E-state index in [0.29, 0.717) is 31.9 Å². The number of aromatic nitrogens is 4. The van der Waals surface area contributed by atoms with Gasteiger partial charge in [0.25, 0.3) is 0 Å². The first-order chi connectivity index (χ1) is 18.8. The lowest BCUT2D eigenvalue weighted by Gasteiger charge is -2.30. The number of piperidine rings is 1. The third kappa shape index (κ3) is 6.79. The standard InChI is InChI=1S/C22H29N7O3S.C2HF3O2/c1-27-7-4-15-11-20(32-2)19(10-16(15)14-27)25-22-23-12-17-13-24-29(21(17)26-22)18-5-8-28(9-6-18)33(3,30)31;3-2(4,5)1(6)7/h10-13,18H,4-9,14H2,1-3H3,(H,23,25,26);(H,6,7). The molecule has 0 aliphatic carbocycles. The number of hydrogen-bond donors (Lipinski definition) is 2. The number of anilines is 2. The van der Waals surface area contributed by atoms with Gasteiger partial charge in [0.1, 0.15) is 5.75 Å². The van der Waals surface area contributed by atoms with Crippen LogP contribution in [0.3, 0.4) is 0 Å². The summed E-state index contributed by atoms with van der Waals surface area (Å²) in [7, 11) is 0.629. The monoisotopic (exact) mass is 585 g/mol. The first kappa shape index (κ1) is 29.5. The summed E-state index contributed by atoms with van der Waals surface area (Å²) in [6.07, 6.45) is 2.10. The van der Waals surface area contributed by atoms with E-state index in [1.54, 1.807) is 19.5 Å². The molecule has 12 nitrogen and oxygen atoms in total. The minimum atomic E-state index is -5.08. The molecule has 1 fully saturated rings. The van der Waals surface area contributed by atoms with Crippen LogP contribution >= 0.6 is 0 Å². The van der Waals surface area contributed by atoms with E-state index >= 15 is 0 Å². The molecule has 0 saturated carbocycles. The average molecular weight is 586 g/mol. The van der Waals surface area contributed by atoms with E-state index in [2.05, 4.69) is 39.5 Å². The van der Waals surface area contributed by atoms with Crippen LogP contribution in [0.2, 0.25) is 0 Å². The predicted molar refractivity (Wildman–Crippen MR) is 140 cm³/mol. The molecule has 2 aliphatic rings. The summed E-state index contributed by atoms with van der Waals surface area (Å²) >= 11 is 0. The lowest BCUT2D eigenvalue weighted by Crippen LogP contribution is -2.38. The van der Waals surface area contributed by atoms with Crippen LogP contribution in [0.15, 0.2) is 24.5 Å². The van der Waals surface area contributed by atoms with E-state index in [1.165, 1.54) is 21.7 Å². The molecule has 0 spiro atoms. The molecule has 0 amide bonds. The zero-order valence-corrected chi connectivity index (χ0v) is 23.0. The molecule has 0 atom stereocenters. The highest BCUT2D eigenvalue weighted by atomic mass is 32.2. The molecule has 3 aromatic rings. The fourth-order valence-corrected chi connectivity index (χ4v) is 5.57. The number of sulfonamides is 1. The molecule has 40 heavy (non-hydrogen) atoms. The number of carbonyl (C=O) groups is 1. The Balaban J connectivity index is 0.000000470. The van der Waals surface area contributed by atoms with Crippen molar-refractivity contribution in [2.24, 2.45) is 0 Å². The van der Waals surface area contributed by atoms with E-state index in [4.69, 9.17) is 19.6 Å². The number of nitrogens with zero attached hydrogens (tertiary/aromatic N) is 6. The Bertz CT molecular complexity index is 1490. The number of hydrogen-bond acceptors (Lipinski definition) is 9. The van der Waals surface area contributed by atoms with Crippen molar-refractivity contribution in [3.8, 4) is 5.75 Å². The molecule has 218 valence electrons. The maximum atomic E-state index is 11.8. The lowest BCUT2D eigenvalue weighted by atomic mass is 9.99. The number of aliphatic carboxylic acids is 1. The molecule has 2 aromatic heterocycles. The number of ether oxygens (including phenoxy) is 1. The van der Waals surface area contributed by atoms with Gasteiger partial charge in [-0.2, -0.15) is 23.3 Å². The van der Waals surface area contributed by atoms with Crippen LogP contribution in [-0.4, -0.2) is 94.7 Å². The van der Waals surface area contributed by atoms with E-state index in [0.717, 1.165) is 42.0 Å². The van der Waals surface area contributed by atoms with Crippen LogP contribution in [-0.2, 0) is 27.8 Å². The zero-order valence-electron chi connectivity index (χ0n) is 22.1. The van der Waals surface area contributed by atoms with E-state index in [9.17, 15) is 21.6 Å². The summed E-state index contributed by atoms with van der Waals surface area (Å²) in [6.45, 7) is 2.91. The first-order valence-corrected chi connectivity index (χ1v) is 14.2. The van der Waals surface area contributed by atoms with Gasteiger partial charge >= 0.3 is 12.1 Å². The molecule has 5 rings (SSSR count). The Morgan fingerprint density at radius 2 is 1.82 bits per heavy atom.